The minimum atomic E-state index is -0.728. The SMILES string of the molecule is CC(C)(C)c1ccc(N2CCN(C(=O)C3CCC(OC(=O)N4CCCCC4)CC3C(=O)NO)CC2)cc1. The Morgan fingerprint density at radius 1 is 0.865 bits per heavy atom. The van der Waals surface area contributed by atoms with Crippen molar-refractivity contribution in [1.29, 1.82) is 0 Å². The summed E-state index contributed by atoms with van der Waals surface area (Å²) in [6.45, 7) is 10.6. The Hall–Kier alpha value is -2.81. The van der Waals surface area contributed by atoms with Crippen LogP contribution in [0.4, 0.5) is 10.5 Å². The van der Waals surface area contributed by atoms with Gasteiger partial charge in [0.25, 0.3) is 0 Å². The Morgan fingerprint density at radius 2 is 1.51 bits per heavy atom. The van der Waals surface area contributed by atoms with E-state index in [-0.39, 0.29) is 23.8 Å². The van der Waals surface area contributed by atoms with Crippen molar-refractivity contribution in [2.75, 3.05) is 44.2 Å². The van der Waals surface area contributed by atoms with Crippen molar-refractivity contribution < 1.29 is 24.3 Å². The molecule has 9 heteroatoms. The Bertz CT molecular complexity index is 946. The summed E-state index contributed by atoms with van der Waals surface area (Å²) in [6.07, 6.45) is 3.51. The fourth-order valence-corrected chi connectivity index (χ4v) is 5.79. The van der Waals surface area contributed by atoms with E-state index in [4.69, 9.17) is 4.74 Å². The molecule has 2 aliphatic heterocycles. The van der Waals surface area contributed by atoms with Gasteiger partial charge in [-0.05, 0) is 61.6 Å². The minimum absolute atomic E-state index is 0.0582. The predicted molar refractivity (Wildman–Crippen MR) is 140 cm³/mol. The molecule has 2 saturated heterocycles. The maximum atomic E-state index is 13.5. The molecule has 3 unspecified atom stereocenters. The van der Waals surface area contributed by atoms with E-state index < -0.39 is 23.8 Å². The zero-order valence-electron chi connectivity index (χ0n) is 22.4. The molecule has 204 valence electrons. The van der Waals surface area contributed by atoms with Crippen LogP contribution in [-0.4, -0.2) is 78.3 Å². The average Bonchev–Trinajstić information content (AvgIpc) is 2.92. The van der Waals surface area contributed by atoms with E-state index in [2.05, 4.69) is 49.9 Å². The lowest BCUT2D eigenvalue weighted by atomic mass is 9.76. The van der Waals surface area contributed by atoms with Gasteiger partial charge in [-0.2, -0.15) is 0 Å². The number of ether oxygens (including phenoxy) is 1. The highest BCUT2D eigenvalue weighted by Crippen LogP contribution is 2.34. The number of nitrogens with one attached hydrogen (secondary N) is 1. The molecule has 9 nitrogen and oxygen atoms in total. The highest BCUT2D eigenvalue weighted by Gasteiger charge is 2.43. The molecule has 0 radical (unpaired) electrons. The second kappa shape index (κ2) is 11.7. The lowest BCUT2D eigenvalue weighted by Gasteiger charge is -2.41. The molecule has 0 spiro atoms. The van der Waals surface area contributed by atoms with Crippen molar-refractivity contribution in [3.05, 3.63) is 29.8 Å². The number of nitrogens with zero attached hydrogens (tertiary/aromatic N) is 3. The smallest absolute Gasteiger partial charge is 0.410 e. The molecular weight excluding hydrogens is 472 g/mol. The maximum Gasteiger partial charge on any atom is 0.410 e. The number of amides is 3. The number of carbonyl (C=O) groups excluding carboxylic acids is 3. The summed E-state index contributed by atoms with van der Waals surface area (Å²) >= 11 is 0. The van der Waals surface area contributed by atoms with Gasteiger partial charge in [0.15, 0.2) is 0 Å². The summed E-state index contributed by atoms with van der Waals surface area (Å²) in [5, 5.41) is 9.35. The van der Waals surface area contributed by atoms with Gasteiger partial charge in [-0.25, -0.2) is 10.3 Å². The average molecular weight is 515 g/mol. The third-order valence-electron chi connectivity index (χ3n) is 8.14. The van der Waals surface area contributed by atoms with Gasteiger partial charge in [0.1, 0.15) is 6.10 Å². The molecule has 2 heterocycles. The number of rotatable bonds is 4. The molecule has 0 bridgehead atoms. The second-order valence-corrected chi connectivity index (χ2v) is 11.7. The van der Waals surface area contributed by atoms with Crippen molar-refractivity contribution in [2.45, 2.75) is 70.8 Å². The van der Waals surface area contributed by atoms with Crippen molar-refractivity contribution in [3.8, 4) is 0 Å². The number of hydroxylamine groups is 1. The van der Waals surface area contributed by atoms with Crippen molar-refractivity contribution >= 4 is 23.6 Å². The van der Waals surface area contributed by atoms with E-state index in [1.54, 1.807) is 10.4 Å². The van der Waals surface area contributed by atoms with Crippen LogP contribution in [0.15, 0.2) is 24.3 Å². The van der Waals surface area contributed by atoms with Gasteiger partial charge >= 0.3 is 6.09 Å². The number of piperidine rings is 1. The van der Waals surface area contributed by atoms with Crippen molar-refractivity contribution in [2.24, 2.45) is 11.8 Å². The van der Waals surface area contributed by atoms with Crippen LogP contribution in [0, 0.1) is 11.8 Å². The molecule has 3 atom stereocenters. The highest BCUT2D eigenvalue weighted by atomic mass is 16.6. The molecule has 4 rings (SSSR count). The molecule has 1 aliphatic carbocycles. The summed E-state index contributed by atoms with van der Waals surface area (Å²) in [5.41, 5.74) is 4.27. The van der Waals surface area contributed by atoms with E-state index in [1.165, 1.54) is 5.56 Å². The van der Waals surface area contributed by atoms with E-state index in [1.807, 2.05) is 4.90 Å². The molecule has 37 heavy (non-hydrogen) atoms. The van der Waals surface area contributed by atoms with E-state index in [9.17, 15) is 19.6 Å². The van der Waals surface area contributed by atoms with Crippen LogP contribution in [-0.2, 0) is 19.7 Å². The molecule has 0 aromatic heterocycles. The first kappa shape index (κ1) is 27.2. The number of carbonyl (C=O) groups is 3. The number of hydrogen-bond acceptors (Lipinski definition) is 6. The molecule has 1 aromatic rings. The van der Waals surface area contributed by atoms with Gasteiger partial charge in [0.05, 0.1) is 11.8 Å². The van der Waals surface area contributed by atoms with Gasteiger partial charge in [-0.3, -0.25) is 14.8 Å². The second-order valence-electron chi connectivity index (χ2n) is 11.7. The van der Waals surface area contributed by atoms with Crippen LogP contribution in [0.2, 0.25) is 0 Å². The Morgan fingerprint density at radius 3 is 2.11 bits per heavy atom. The quantitative estimate of drug-likeness (QED) is 0.471. The zero-order valence-corrected chi connectivity index (χ0v) is 22.4. The maximum absolute atomic E-state index is 13.5. The fraction of sp³-hybridized carbons (Fsp3) is 0.679. The lowest BCUT2D eigenvalue weighted by Crippen LogP contribution is -2.53. The normalized spacial score (nSPS) is 25.0. The predicted octanol–water partition coefficient (Wildman–Crippen LogP) is 3.55. The van der Waals surface area contributed by atoms with Crippen LogP contribution in [0.5, 0.6) is 0 Å². The van der Waals surface area contributed by atoms with Gasteiger partial charge in [0, 0.05) is 45.0 Å². The largest absolute Gasteiger partial charge is 0.446 e. The number of benzene rings is 1. The van der Waals surface area contributed by atoms with Crippen molar-refractivity contribution in [1.82, 2.24) is 15.3 Å². The summed E-state index contributed by atoms with van der Waals surface area (Å²) in [6, 6.07) is 8.63. The summed E-state index contributed by atoms with van der Waals surface area (Å²) in [4.78, 5) is 44.4. The number of piperazine rings is 1. The van der Waals surface area contributed by atoms with Crippen LogP contribution in [0.1, 0.15) is 64.9 Å². The third-order valence-corrected chi connectivity index (χ3v) is 8.14. The first-order valence-corrected chi connectivity index (χ1v) is 13.7. The topological polar surface area (TPSA) is 102 Å². The molecule has 3 aliphatic rings. The lowest BCUT2D eigenvalue weighted by molar-refractivity contribution is -0.149. The van der Waals surface area contributed by atoms with Crippen LogP contribution in [0.25, 0.3) is 0 Å². The molecule has 3 fully saturated rings. The van der Waals surface area contributed by atoms with Crippen molar-refractivity contribution in [3.63, 3.8) is 0 Å². The summed E-state index contributed by atoms with van der Waals surface area (Å²) in [5.74, 6) is -1.91. The van der Waals surface area contributed by atoms with Gasteiger partial charge in [0.2, 0.25) is 11.8 Å². The van der Waals surface area contributed by atoms with Gasteiger partial charge in [-0.1, -0.05) is 32.9 Å². The van der Waals surface area contributed by atoms with Gasteiger partial charge in [-0.15, -0.1) is 0 Å². The van der Waals surface area contributed by atoms with Crippen LogP contribution >= 0.6 is 0 Å². The first-order chi connectivity index (χ1) is 17.7. The first-order valence-electron chi connectivity index (χ1n) is 13.7. The van der Waals surface area contributed by atoms with Crippen LogP contribution in [0.3, 0.4) is 0 Å². The summed E-state index contributed by atoms with van der Waals surface area (Å²) in [7, 11) is 0. The number of anilines is 1. The Kier molecular flexibility index (Phi) is 8.62. The Labute approximate surface area is 220 Å². The number of likely N-dealkylation sites (tertiary alicyclic amines) is 1. The number of hydrogen-bond donors (Lipinski definition) is 2. The highest BCUT2D eigenvalue weighted by molar-refractivity contribution is 5.87. The third kappa shape index (κ3) is 6.55. The zero-order chi connectivity index (χ0) is 26.6. The van der Waals surface area contributed by atoms with E-state index in [0.29, 0.717) is 39.0 Å². The molecule has 1 aromatic carbocycles. The molecule has 2 N–H and O–H groups in total. The molecular formula is C28H42N4O5. The van der Waals surface area contributed by atoms with E-state index in [0.717, 1.165) is 38.0 Å². The van der Waals surface area contributed by atoms with E-state index >= 15 is 0 Å². The Balaban J connectivity index is 1.33. The molecule has 1 saturated carbocycles. The fourth-order valence-electron chi connectivity index (χ4n) is 5.79. The monoisotopic (exact) mass is 514 g/mol. The van der Waals surface area contributed by atoms with Gasteiger partial charge < -0.3 is 19.4 Å². The summed E-state index contributed by atoms with van der Waals surface area (Å²) < 4.78 is 5.72. The minimum Gasteiger partial charge on any atom is -0.446 e. The molecule has 3 amide bonds. The standard InChI is InChI=1S/C28H42N4O5/c1-28(2,3)20-7-9-21(10-8-20)30-15-17-31(18-16-30)26(34)23-12-11-22(19-24(23)25(33)29-36)37-27(35)32-13-5-4-6-14-32/h7-10,22-24,36H,4-6,11-19H2,1-3H3,(H,29,33). The van der Waals surface area contributed by atoms with Crippen LogP contribution < -0.4 is 10.4 Å².